The number of carbonyl (C=O) groups excluding carboxylic acids is 1. The van der Waals surface area contributed by atoms with Crippen LogP contribution in [0.15, 0.2) is 24.3 Å². The van der Waals surface area contributed by atoms with Crippen molar-refractivity contribution in [3.63, 3.8) is 0 Å². The molecule has 1 rings (SSSR count). The second-order valence-corrected chi connectivity index (χ2v) is 5.67. The number of esters is 1. The summed E-state index contributed by atoms with van der Waals surface area (Å²) in [7, 11) is 0. The Morgan fingerprint density at radius 3 is 2.53 bits per heavy atom. The van der Waals surface area contributed by atoms with E-state index in [1.165, 1.54) is 0 Å². The Morgan fingerprint density at radius 2 is 1.89 bits per heavy atom. The molecule has 0 fully saturated rings. The lowest BCUT2D eigenvalue weighted by atomic mass is 9.93. The molecule has 2 N–H and O–H groups in total. The summed E-state index contributed by atoms with van der Waals surface area (Å²) in [5.41, 5.74) is 6.47. The van der Waals surface area contributed by atoms with Gasteiger partial charge in [-0.2, -0.15) is 0 Å². The van der Waals surface area contributed by atoms with Gasteiger partial charge in [-0.05, 0) is 24.0 Å². The van der Waals surface area contributed by atoms with E-state index >= 15 is 0 Å². The lowest BCUT2D eigenvalue weighted by Crippen LogP contribution is -2.15. The molecule has 0 aliphatic rings. The van der Waals surface area contributed by atoms with E-state index in [1.807, 2.05) is 12.1 Å². The van der Waals surface area contributed by atoms with Gasteiger partial charge in [0.1, 0.15) is 5.75 Å². The molecule has 0 heterocycles. The van der Waals surface area contributed by atoms with E-state index < -0.39 is 0 Å². The quantitative estimate of drug-likeness (QED) is 0.634. The first-order valence-corrected chi connectivity index (χ1v) is 6.51. The summed E-state index contributed by atoms with van der Waals surface area (Å²) >= 11 is 0. The Morgan fingerprint density at radius 1 is 1.21 bits per heavy atom. The number of benzene rings is 1. The molecule has 19 heavy (non-hydrogen) atoms. The maximum absolute atomic E-state index is 11.5. The van der Waals surface area contributed by atoms with Gasteiger partial charge in [0.15, 0.2) is 0 Å². The number of anilines is 1. The van der Waals surface area contributed by atoms with Crippen molar-refractivity contribution in [3.05, 3.63) is 24.3 Å². The van der Waals surface area contributed by atoms with Crippen LogP contribution < -0.4 is 10.5 Å². The van der Waals surface area contributed by atoms with Gasteiger partial charge >= 0.3 is 5.97 Å². The SMILES string of the molecule is CC(C)(C)CCOC(=O)CCOc1ccccc1N. The molecule has 0 bridgehead atoms. The zero-order valence-electron chi connectivity index (χ0n) is 11.9. The van der Waals surface area contributed by atoms with Gasteiger partial charge < -0.3 is 15.2 Å². The van der Waals surface area contributed by atoms with Gasteiger partial charge in [-0.1, -0.05) is 32.9 Å². The summed E-state index contributed by atoms with van der Waals surface area (Å²) in [5, 5.41) is 0. The molecule has 0 aliphatic carbocycles. The maximum atomic E-state index is 11.5. The fourth-order valence-corrected chi connectivity index (χ4v) is 1.40. The topological polar surface area (TPSA) is 61.5 Å². The Labute approximate surface area is 114 Å². The minimum Gasteiger partial charge on any atom is -0.491 e. The van der Waals surface area contributed by atoms with Gasteiger partial charge in [-0.25, -0.2) is 0 Å². The zero-order chi connectivity index (χ0) is 14.3. The van der Waals surface area contributed by atoms with Crippen LogP contribution in [0, 0.1) is 5.41 Å². The second kappa shape index (κ2) is 7.02. The van der Waals surface area contributed by atoms with Crippen molar-refractivity contribution in [2.75, 3.05) is 18.9 Å². The van der Waals surface area contributed by atoms with Crippen LogP contribution in [0.25, 0.3) is 0 Å². The zero-order valence-corrected chi connectivity index (χ0v) is 11.9. The number of hydrogen-bond donors (Lipinski definition) is 1. The maximum Gasteiger partial charge on any atom is 0.309 e. The van der Waals surface area contributed by atoms with Crippen molar-refractivity contribution >= 4 is 11.7 Å². The van der Waals surface area contributed by atoms with E-state index in [0.29, 0.717) is 18.0 Å². The first-order chi connectivity index (χ1) is 8.88. The standard InChI is InChI=1S/C15H23NO3/c1-15(2,3)9-11-19-14(17)8-10-18-13-7-5-4-6-12(13)16/h4-7H,8-11,16H2,1-3H3. The van der Waals surface area contributed by atoms with E-state index in [0.717, 1.165) is 6.42 Å². The molecule has 1 aromatic carbocycles. The Kier molecular flexibility index (Phi) is 5.67. The van der Waals surface area contributed by atoms with E-state index in [2.05, 4.69) is 20.8 Å². The number of ether oxygens (including phenoxy) is 2. The van der Waals surface area contributed by atoms with Crippen molar-refractivity contribution in [3.8, 4) is 5.75 Å². The molecule has 0 spiro atoms. The average molecular weight is 265 g/mol. The number of hydrogen-bond acceptors (Lipinski definition) is 4. The summed E-state index contributed by atoms with van der Waals surface area (Å²) < 4.78 is 10.6. The highest BCUT2D eigenvalue weighted by molar-refractivity contribution is 5.69. The van der Waals surface area contributed by atoms with Crippen molar-refractivity contribution in [1.82, 2.24) is 0 Å². The van der Waals surface area contributed by atoms with Crippen LogP contribution in [0.2, 0.25) is 0 Å². The van der Waals surface area contributed by atoms with Crippen molar-refractivity contribution < 1.29 is 14.3 Å². The van der Waals surface area contributed by atoms with Gasteiger partial charge in [-0.3, -0.25) is 4.79 Å². The number of nitrogens with two attached hydrogens (primary N) is 1. The highest BCUT2D eigenvalue weighted by atomic mass is 16.5. The minimum absolute atomic E-state index is 0.176. The normalized spacial score (nSPS) is 11.1. The predicted octanol–water partition coefficient (Wildman–Crippen LogP) is 3.02. The molecule has 0 saturated heterocycles. The summed E-state index contributed by atoms with van der Waals surface area (Å²) in [4.78, 5) is 11.5. The molecule has 0 saturated carbocycles. The molecule has 0 amide bonds. The average Bonchev–Trinajstić information content (AvgIpc) is 2.30. The minimum atomic E-state index is -0.237. The number of nitrogen functional groups attached to an aromatic ring is 1. The van der Waals surface area contributed by atoms with Crippen molar-refractivity contribution in [1.29, 1.82) is 0 Å². The first-order valence-electron chi connectivity index (χ1n) is 6.51. The highest BCUT2D eigenvalue weighted by Gasteiger charge is 2.11. The fourth-order valence-electron chi connectivity index (χ4n) is 1.40. The van der Waals surface area contributed by atoms with Gasteiger partial charge in [-0.15, -0.1) is 0 Å². The third-order valence-corrected chi connectivity index (χ3v) is 2.60. The van der Waals surface area contributed by atoms with Crippen LogP contribution in [0.3, 0.4) is 0 Å². The summed E-state index contributed by atoms with van der Waals surface area (Å²) in [6, 6.07) is 7.22. The summed E-state index contributed by atoms with van der Waals surface area (Å²) in [6.45, 7) is 7.07. The number of para-hydroxylation sites is 2. The first kappa shape index (κ1) is 15.3. The molecular formula is C15H23NO3. The number of carbonyl (C=O) groups is 1. The number of rotatable bonds is 6. The van der Waals surface area contributed by atoms with Gasteiger partial charge in [0.05, 0.1) is 25.3 Å². The van der Waals surface area contributed by atoms with E-state index in [1.54, 1.807) is 12.1 Å². The smallest absolute Gasteiger partial charge is 0.309 e. The van der Waals surface area contributed by atoms with E-state index in [4.69, 9.17) is 15.2 Å². The lowest BCUT2D eigenvalue weighted by Gasteiger charge is -2.17. The Hall–Kier alpha value is -1.71. The molecule has 0 unspecified atom stereocenters. The third-order valence-electron chi connectivity index (χ3n) is 2.60. The van der Waals surface area contributed by atoms with E-state index in [-0.39, 0.29) is 24.4 Å². The highest BCUT2D eigenvalue weighted by Crippen LogP contribution is 2.20. The van der Waals surface area contributed by atoms with Gasteiger partial charge in [0.25, 0.3) is 0 Å². The molecule has 0 radical (unpaired) electrons. The molecule has 0 aromatic heterocycles. The summed E-state index contributed by atoms with van der Waals surface area (Å²) in [5.74, 6) is 0.365. The monoisotopic (exact) mass is 265 g/mol. The molecule has 4 heteroatoms. The van der Waals surface area contributed by atoms with Crippen LogP contribution in [-0.4, -0.2) is 19.2 Å². The van der Waals surface area contributed by atoms with Crippen LogP contribution in [0.5, 0.6) is 5.75 Å². The predicted molar refractivity (Wildman–Crippen MR) is 76.0 cm³/mol. The van der Waals surface area contributed by atoms with Crippen LogP contribution in [-0.2, 0) is 9.53 Å². The third kappa shape index (κ3) is 6.70. The molecule has 1 aromatic rings. The van der Waals surface area contributed by atoms with Crippen LogP contribution in [0.4, 0.5) is 5.69 Å². The van der Waals surface area contributed by atoms with Crippen molar-refractivity contribution in [2.45, 2.75) is 33.6 Å². The van der Waals surface area contributed by atoms with Gasteiger partial charge in [0, 0.05) is 0 Å². The fraction of sp³-hybridized carbons (Fsp3) is 0.533. The second-order valence-electron chi connectivity index (χ2n) is 5.67. The van der Waals surface area contributed by atoms with Crippen LogP contribution >= 0.6 is 0 Å². The Balaban J connectivity index is 2.19. The molecule has 4 nitrogen and oxygen atoms in total. The molecule has 106 valence electrons. The lowest BCUT2D eigenvalue weighted by molar-refractivity contribution is -0.144. The molecular weight excluding hydrogens is 242 g/mol. The molecule has 0 aliphatic heterocycles. The van der Waals surface area contributed by atoms with Crippen molar-refractivity contribution in [2.24, 2.45) is 5.41 Å². The molecule has 0 atom stereocenters. The van der Waals surface area contributed by atoms with E-state index in [9.17, 15) is 4.79 Å². The Bertz CT molecular complexity index is 410. The largest absolute Gasteiger partial charge is 0.491 e. The summed E-state index contributed by atoms with van der Waals surface area (Å²) in [6.07, 6.45) is 1.09. The van der Waals surface area contributed by atoms with Gasteiger partial charge in [0.2, 0.25) is 0 Å². The van der Waals surface area contributed by atoms with Crippen LogP contribution in [0.1, 0.15) is 33.6 Å².